The zero-order chi connectivity index (χ0) is 25.7. The number of piperidine rings is 1. The summed E-state index contributed by atoms with van der Waals surface area (Å²) < 4.78 is 29.8. The highest BCUT2D eigenvalue weighted by atomic mass is 35.5. The maximum atomic E-state index is 14.9. The number of alkyl halides is 2. The molecule has 13 heteroatoms. The zero-order valence-corrected chi connectivity index (χ0v) is 18.9. The molecule has 4 rings (SSSR count). The van der Waals surface area contributed by atoms with Crippen LogP contribution in [-0.2, 0) is 26.9 Å². The second kappa shape index (κ2) is 9.15. The molecule has 4 amide bonds. The van der Waals surface area contributed by atoms with Gasteiger partial charge in [0.25, 0.3) is 11.8 Å². The van der Waals surface area contributed by atoms with Crippen LogP contribution in [0, 0.1) is 0 Å². The number of benzene rings is 2. The number of hydrogen-bond acceptors (Lipinski definition) is 4. The molecule has 2 aliphatic heterocycles. The third-order valence-electron chi connectivity index (χ3n) is 6.04. The first-order valence-electron chi connectivity index (χ1n) is 10.5. The number of carbonyl (C=O) groups is 4. The number of nitrogens with one attached hydrogen (secondary N) is 1. The van der Waals surface area contributed by atoms with E-state index in [0.29, 0.717) is 11.1 Å². The number of fused-ring (bicyclic) bond motifs is 1. The fourth-order valence-electron chi connectivity index (χ4n) is 4.16. The van der Waals surface area contributed by atoms with E-state index in [2.05, 4.69) is 5.32 Å². The molecule has 2 heterocycles. The number of carbonyl (C=O) groups excluding carboxylic acids is 4. The van der Waals surface area contributed by atoms with Gasteiger partial charge >= 0.3 is 5.92 Å². The van der Waals surface area contributed by atoms with E-state index < -0.39 is 47.1 Å². The Bertz CT molecular complexity index is 1260. The van der Waals surface area contributed by atoms with Gasteiger partial charge in [-0.15, -0.1) is 0 Å². The minimum atomic E-state index is -4.09. The highest BCUT2D eigenvalue weighted by molar-refractivity contribution is 6.37. The molecule has 2 aromatic rings. The predicted molar refractivity (Wildman–Crippen MR) is 124 cm³/mol. The zero-order valence-electron chi connectivity index (χ0n) is 18.1. The molecule has 35 heavy (non-hydrogen) atoms. The van der Waals surface area contributed by atoms with Gasteiger partial charge in [-0.2, -0.15) is 8.78 Å². The van der Waals surface area contributed by atoms with Crippen molar-refractivity contribution in [3.8, 4) is 0 Å². The third kappa shape index (κ3) is 4.47. The van der Waals surface area contributed by atoms with Crippen LogP contribution >= 0.6 is 11.6 Å². The van der Waals surface area contributed by atoms with Crippen LogP contribution in [0.3, 0.4) is 0 Å². The lowest BCUT2D eigenvalue weighted by atomic mass is 9.82. The quantitative estimate of drug-likeness (QED) is 0.495. The van der Waals surface area contributed by atoms with Crippen LogP contribution in [0.4, 0.5) is 8.78 Å². The van der Waals surface area contributed by atoms with Gasteiger partial charge in [0.15, 0.2) is 0 Å². The Kier molecular flexibility index (Phi) is 6.53. The van der Waals surface area contributed by atoms with E-state index in [-0.39, 0.29) is 40.2 Å². The van der Waals surface area contributed by atoms with Crippen molar-refractivity contribution in [1.82, 2.24) is 15.0 Å². The summed E-state index contributed by atoms with van der Waals surface area (Å²) in [5, 5.41) is 2.33. The van der Waals surface area contributed by atoms with Crippen molar-refractivity contribution < 1.29 is 28.0 Å². The highest BCUT2D eigenvalue weighted by Gasteiger charge is 2.45. The van der Waals surface area contributed by atoms with Gasteiger partial charge in [-0.1, -0.05) is 41.3 Å². The number of rotatable bonds is 5. The predicted octanol–water partition coefficient (Wildman–Crippen LogP) is 0.766. The van der Waals surface area contributed by atoms with Gasteiger partial charge in [0.1, 0.15) is 21.7 Å². The molecule has 2 aromatic carbocycles. The van der Waals surface area contributed by atoms with Crippen molar-refractivity contribution in [2.75, 3.05) is 0 Å². The molecule has 2 unspecified atom stereocenters. The molecule has 6 radical (unpaired) electrons. The molecule has 7 nitrogen and oxygen atoms in total. The van der Waals surface area contributed by atoms with Gasteiger partial charge in [-0.05, 0) is 29.7 Å². The molecule has 1 N–H and O–H groups in total. The van der Waals surface area contributed by atoms with E-state index in [1.807, 2.05) is 0 Å². The molecule has 172 valence electrons. The first-order chi connectivity index (χ1) is 16.4. The average molecular weight is 491 g/mol. The monoisotopic (exact) mass is 491 g/mol. The van der Waals surface area contributed by atoms with Crippen LogP contribution in [0.2, 0.25) is 5.02 Å². The van der Waals surface area contributed by atoms with Gasteiger partial charge in [-0.3, -0.25) is 24.5 Å². The minimum Gasteiger partial charge on any atom is -0.393 e. The summed E-state index contributed by atoms with van der Waals surface area (Å²) in [5.74, 6) is -8.75. The number of nitrogens with zero attached hydrogens (tertiary/aromatic N) is 2. The Balaban J connectivity index is 1.54. The molecular weight excluding hydrogens is 476 g/mol. The number of imide groups is 1. The fraction of sp³-hybridized carbons (Fsp3) is 0.273. The molecule has 2 atom stereocenters. The van der Waals surface area contributed by atoms with Gasteiger partial charge in [0, 0.05) is 35.1 Å². The van der Waals surface area contributed by atoms with Gasteiger partial charge in [-0.25, -0.2) is 0 Å². The van der Waals surface area contributed by atoms with Crippen LogP contribution in [-0.4, -0.2) is 63.1 Å². The van der Waals surface area contributed by atoms with Crippen molar-refractivity contribution in [2.45, 2.75) is 37.3 Å². The lowest BCUT2D eigenvalue weighted by Gasteiger charge is -2.31. The molecule has 1 fully saturated rings. The van der Waals surface area contributed by atoms with E-state index in [9.17, 15) is 28.0 Å². The Morgan fingerprint density at radius 2 is 1.91 bits per heavy atom. The topological polar surface area (TPSA) is 86.8 Å². The Labute approximate surface area is 208 Å². The molecule has 0 bridgehead atoms. The van der Waals surface area contributed by atoms with E-state index in [1.165, 1.54) is 29.2 Å². The smallest absolute Gasteiger partial charge is 0.348 e. The van der Waals surface area contributed by atoms with Crippen molar-refractivity contribution in [3.05, 3.63) is 63.7 Å². The number of hydrogen-bond donors (Lipinski definition) is 1. The molecule has 0 saturated carbocycles. The molecule has 2 aliphatic rings. The van der Waals surface area contributed by atoms with Gasteiger partial charge < -0.3 is 9.71 Å². The number of amides is 4. The molecule has 0 spiro atoms. The SMILES string of the molecule is [B]c1cc(Cl)ccc1C(F)(F)C(=O)N([B])C([B])c1ccc2c(c1)CN(C1CCC(=O)NC1=O)C2=O. The van der Waals surface area contributed by atoms with Gasteiger partial charge in [0.05, 0.1) is 0 Å². The summed E-state index contributed by atoms with van der Waals surface area (Å²) in [6.07, 6.45) is 0.286. The summed E-state index contributed by atoms with van der Waals surface area (Å²) in [6, 6.07) is 6.64. The maximum absolute atomic E-state index is 14.9. The fourth-order valence-corrected chi connectivity index (χ4v) is 4.34. The van der Waals surface area contributed by atoms with E-state index >= 15 is 0 Å². The van der Waals surface area contributed by atoms with Crippen molar-refractivity contribution in [3.63, 3.8) is 0 Å². The summed E-state index contributed by atoms with van der Waals surface area (Å²) in [7, 11) is 17.3. The summed E-state index contributed by atoms with van der Waals surface area (Å²) >= 11 is 5.74. The second-order valence-corrected chi connectivity index (χ2v) is 8.72. The normalized spacial score (nSPS) is 18.8. The first-order valence-corrected chi connectivity index (χ1v) is 10.8. The van der Waals surface area contributed by atoms with Crippen molar-refractivity contribution >= 4 is 64.4 Å². The molecule has 0 aromatic heterocycles. The van der Waals surface area contributed by atoms with E-state index in [4.69, 9.17) is 35.3 Å². The van der Waals surface area contributed by atoms with Crippen molar-refractivity contribution in [2.24, 2.45) is 0 Å². The standard InChI is InChI=1S/C22H15B3ClF2N3O4/c23-15-8-12(26)2-4-14(15)22(27,28)21(35)31(25)18(24)10-1-3-13-11(7-10)9-30(20(13)34)16-5-6-17(32)29-19(16)33/h1-4,7-8,16,18H,5-6,9H2,(H,29,32,33). The lowest BCUT2D eigenvalue weighted by molar-refractivity contribution is -0.154. The van der Waals surface area contributed by atoms with E-state index in [0.717, 1.165) is 12.1 Å². The third-order valence-corrected chi connectivity index (χ3v) is 6.28. The maximum Gasteiger partial charge on any atom is 0.348 e. The summed E-state index contributed by atoms with van der Waals surface area (Å²) in [4.78, 5) is 50.5. The van der Waals surface area contributed by atoms with Crippen LogP contribution in [0.25, 0.3) is 0 Å². The molecule has 1 saturated heterocycles. The minimum absolute atomic E-state index is 0.0387. The summed E-state index contributed by atoms with van der Waals surface area (Å²) in [6.45, 7) is 0.0387. The van der Waals surface area contributed by atoms with E-state index in [1.54, 1.807) is 0 Å². The van der Waals surface area contributed by atoms with Crippen LogP contribution in [0.1, 0.15) is 45.8 Å². The largest absolute Gasteiger partial charge is 0.393 e. The van der Waals surface area contributed by atoms with Crippen LogP contribution < -0.4 is 10.8 Å². The first kappa shape index (κ1) is 25.0. The highest BCUT2D eigenvalue weighted by Crippen LogP contribution is 2.34. The Morgan fingerprint density at radius 1 is 1.20 bits per heavy atom. The molecule has 0 aliphatic carbocycles. The average Bonchev–Trinajstić information content (AvgIpc) is 3.12. The lowest BCUT2D eigenvalue weighted by Crippen LogP contribution is -2.52. The Hall–Kier alpha value is -3.14. The van der Waals surface area contributed by atoms with Crippen LogP contribution in [0.5, 0.6) is 0 Å². The molecular formula is C22H15B3ClF2N3O4. The second-order valence-electron chi connectivity index (χ2n) is 8.28. The van der Waals surface area contributed by atoms with Crippen molar-refractivity contribution in [1.29, 1.82) is 0 Å². The number of halogens is 3. The van der Waals surface area contributed by atoms with Crippen LogP contribution in [0.15, 0.2) is 36.4 Å². The summed E-state index contributed by atoms with van der Waals surface area (Å²) in [5.41, 5.74) is -0.198. The Morgan fingerprint density at radius 3 is 2.57 bits per heavy atom. The van der Waals surface area contributed by atoms with Gasteiger partial charge in [0.2, 0.25) is 19.8 Å².